The summed E-state index contributed by atoms with van der Waals surface area (Å²) in [5, 5.41) is 12.7. The Balaban J connectivity index is 1.88. The average molecular weight is 243 g/mol. The molecule has 2 aliphatic heterocycles. The van der Waals surface area contributed by atoms with Crippen molar-refractivity contribution in [2.75, 3.05) is 18.0 Å². The van der Waals surface area contributed by atoms with Gasteiger partial charge in [0.25, 0.3) is 0 Å². The molecule has 3 rings (SSSR count). The van der Waals surface area contributed by atoms with Gasteiger partial charge in [0.05, 0.1) is 0 Å². The van der Waals surface area contributed by atoms with Crippen LogP contribution in [0, 0.1) is 11.3 Å². The fraction of sp³-hybridized carbons (Fsp3) is 0.615. The molecule has 0 aromatic carbocycles. The molecule has 1 aromatic rings. The van der Waals surface area contributed by atoms with Gasteiger partial charge in [-0.3, -0.25) is 0 Å². The highest BCUT2D eigenvalue weighted by Gasteiger charge is 2.35. The van der Waals surface area contributed by atoms with Crippen LogP contribution < -0.4 is 10.2 Å². The standard InChI is InChI=1S/C13H17N5/c14-9-11-13(17-7-6-16-11)18-8-2-4-12(18)10-3-1-5-15-10/h6-7,10,12,15H,1-5,8H2. The van der Waals surface area contributed by atoms with Crippen LogP contribution in [0.1, 0.15) is 31.4 Å². The molecular weight excluding hydrogens is 226 g/mol. The van der Waals surface area contributed by atoms with Crippen LogP contribution >= 0.6 is 0 Å². The number of hydrogen-bond acceptors (Lipinski definition) is 5. The largest absolute Gasteiger partial charge is 0.350 e. The zero-order valence-electron chi connectivity index (χ0n) is 10.3. The van der Waals surface area contributed by atoms with E-state index in [2.05, 4.69) is 26.3 Å². The molecule has 0 spiro atoms. The number of rotatable bonds is 2. The summed E-state index contributed by atoms with van der Waals surface area (Å²) in [4.78, 5) is 10.8. The van der Waals surface area contributed by atoms with Crippen molar-refractivity contribution in [1.82, 2.24) is 15.3 Å². The van der Waals surface area contributed by atoms with Gasteiger partial charge < -0.3 is 10.2 Å². The van der Waals surface area contributed by atoms with E-state index in [-0.39, 0.29) is 0 Å². The summed E-state index contributed by atoms with van der Waals surface area (Å²) in [5.41, 5.74) is 0.447. The zero-order chi connectivity index (χ0) is 12.4. The molecule has 2 saturated heterocycles. The molecule has 18 heavy (non-hydrogen) atoms. The van der Waals surface area contributed by atoms with Crippen LogP contribution in [0.4, 0.5) is 5.82 Å². The summed E-state index contributed by atoms with van der Waals surface area (Å²) >= 11 is 0. The summed E-state index contributed by atoms with van der Waals surface area (Å²) < 4.78 is 0. The summed E-state index contributed by atoms with van der Waals surface area (Å²) in [5.74, 6) is 0.760. The van der Waals surface area contributed by atoms with Gasteiger partial charge in [-0.1, -0.05) is 0 Å². The van der Waals surface area contributed by atoms with Gasteiger partial charge in [-0.05, 0) is 32.2 Å². The van der Waals surface area contributed by atoms with Crippen molar-refractivity contribution in [1.29, 1.82) is 5.26 Å². The molecule has 0 radical (unpaired) electrons. The molecule has 2 unspecified atom stereocenters. The van der Waals surface area contributed by atoms with Crippen LogP contribution in [-0.2, 0) is 0 Å². The molecule has 1 aromatic heterocycles. The third-order valence-corrected chi connectivity index (χ3v) is 3.92. The normalized spacial score (nSPS) is 27.4. The topological polar surface area (TPSA) is 64.8 Å². The minimum Gasteiger partial charge on any atom is -0.350 e. The van der Waals surface area contributed by atoms with Gasteiger partial charge in [0.2, 0.25) is 0 Å². The van der Waals surface area contributed by atoms with Gasteiger partial charge in [-0.25, -0.2) is 9.97 Å². The average Bonchev–Trinajstić information content (AvgIpc) is 3.09. The first-order chi connectivity index (χ1) is 8.90. The molecule has 5 nitrogen and oxygen atoms in total. The highest BCUT2D eigenvalue weighted by molar-refractivity contribution is 5.51. The first kappa shape index (κ1) is 11.4. The Labute approximate surface area is 107 Å². The van der Waals surface area contributed by atoms with Crippen molar-refractivity contribution < 1.29 is 0 Å². The molecule has 1 N–H and O–H groups in total. The molecule has 0 bridgehead atoms. The van der Waals surface area contributed by atoms with Crippen LogP contribution in [-0.4, -0.2) is 35.1 Å². The van der Waals surface area contributed by atoms with Gasteiger partial charge in [0, 0.05) is 31.0 Å². The molecule has 2 atom stereocenters. The van der Waals surface area contributed by atoms with E-state index in [1.165, 1.54) is 25.7 Å². The minimum absolute atomic E-state index is 0.447. The second-order valence-electron chi connectivity index (χ2n) is 4.95. The van der Waals surface area contributed by atoms with Gasteiger partial charge in [0.1, 0.15) is 6.07 Å². The summed E-state index contributed by atoms with van der Waals surface area (Å²) in [6.07, 6.45) is 8.09. The predicted octanol–water partition coefficient (Wildman–Crippen LogP) is 1.07. The molecule has 0 saturated carbocycles. The Bertz CT molecular complexity index is 461. The van der Waals surface area contributed by atoms with Crippen molar-refractivity contribution in [2.45, 2.75) is 37.8 Å². The predicted molar refractivity (Wildman–Crippen MR) is 68.1 cm³/mol. The van der Waals surface area contributed by atoms with E-state index in [1.807, 2.05) is 0 Å². The molecule has 3 heterocycles. The molecule has 0 amide bonds. The lowest BCUT2D eigenvalue weighted by atomic mass is 10.0. The Morgan fingerprint density at radius 2 is 2.17 bits per heavy atom. The third-order valence-electron chi connectivity index (χ3n) is 3.92. The maximum absolute atomic E-state index is 9.14. The highest BCUT2D eigenvalue weighted by atomic mass is 15.3. The first-order valence-electron chi connectivity index (χ1n) is 6.61. The van der Waals surface area contributed by atoms with Crippen LogP contribution in [0.3, 0.4) is 0 Å². The van der Waals surface area contributed by atoms with E-state index in [0.29, 0.717) is 17.8 Å². The number of anilines is 1. The smallest absolute Gasteiger partial charge is 0.183 e. The summed E-state index contributed by atoms with van der Waals surface area (Å²) in [6, 6.07) is 3.16. The van der Waals surface area contributed by atoms with E-state index in [4.69, 9.17) is 5.26 Å². The molecule has 5 heteroatoms. The van der Waals surface area contributed by atoms with Crippen molar-refractivity contribution in [3.05, 3.63) is 18.1 Å². The van der Waals surface area contributed by atoms with Crippen molar-refractivity contribution in [2.24, 2.45) is 0 Å². The minimum atomic E-state index is 0.447. The SMILES string of the molecule is N#Cc1nccnc1N1CCCC1C1CCCN1. The maximum atomic E-state index is 9.14. The lowest BCUT2D eigenvalue weighted by Gasteiger charge is -2.30. The van der Waals surface area contributed by atoms with Crippen molar-refractivity contribution in [3.8, 4) is 6.07 Å². The van der Waals surface area contributed by atoms with Gasteiger partial charge in [-0.2, -0.15) is 5.26 Å². The fourth-order valence-electron chi connectivity index (χ4n) is 3.13. The lowest BCUT2D eigenvalue weighted by molar-refractivity contribution is 0.480. The fourth-order valence-corrected chi connectivity index (χ4v) is 3.13. The second-order valence-corrected chi connectivity index (χ2v) is 4.95. The van der Waals surface area contributed by atoms with Gasteiger partial charge >= 0.3 is 0 Å². The zero-order valence-corrected chi connectivity index (χ0v) is 10.3. The van der Waals surface area contributed by atoms with Gasteiger partial charge in [0.15, 0.2) is 11.5 Å². The van der Waals surface area contributed by atoms with Crippen LogP contribution in [0.2, 0.25) is 0 Å². The quantitative estimate of drug-likeness (QED) is 0.841. The molecule has 0 aliphatic carbocycles. The third kappa shape index (κ3) is 1.93. The van der Waals surface area contributed by atoms with Crippen LogP contribution in [0.25, 0.3) is 0 Å². The van der Waals surface area contributed by atoms with E-state index in [0.717, 1.165) is 18.9 Å². The molecule has 2 aliphatic rings. The number of aromatic nitrogens is 2. The monoisotopic (exact) mass is 243 g/mol. The van der Waals surface area contributed by atoms with Crippen molar-refractivity contribution >= 4 is 5.82 Å². The highest BCUT2D eigenvalue weighted by Crippen LogP contribution is 2.29. The summed E-state index contributed by atoms with van der Waals surface area (Å²) in [7, 11) is 0. The van der Waals surface area contributed by atoms with Crippen LogP contribution in [0.15, 0.2) is 12.4 Å². The van der Waals surface area contributed by atoms with E-state index in [1.54, 1.807) is 12.4 Å². The molecular formula is C13H17N5. The Morgan fingerprint density at radius 1 is 1.28 bits per heavy atom. The molecule has 2 fully saturated rings. The second kappa shape index (κ2) is 4.91. The first-order valence-corrected chi connectivity index (χ1v) is 6.61. The number of nitriles is 1. The van der Waals surface area contributed by atoms with Crippen LogP contribution in [0.5, 0.6) is 0 Å². The number of nitrogens with zero attached hydrogens (tertiary/aromatic N) is 4. The van der Waals surface area contributed by atoms with E-state index in [9.17, 15) is 0 Å². The number of nitrogens with one attached hydrogen (secondary N) is 1. The van der Waals surface area contributed by atoms with E-state index < -0.39 is 0 Å². The van der Waals surface area contributed by atoms with E-state index >= 15 is 0 Å². The Hall–Kier alpha value is -1.67. The Kier molecular flexibility index (Phi) is 3.11. The molecule has 94 valence electrons. The van der Waals surface area contributed by atoms with Gasteiger partial charge in [-0.15, -0.1) is 0 Å². The summed E-state index contributed by atoms with van der Waals surface area (Å²) in [6.45, 7) is 2.09. The lowest BCUT2D eigenvalue weighted by Crippen LogP contribution is -2.44. The maximum Gasteiger partial charge on any atom is 0.183 e. The number of hydrogen-bond donors (Lipinski definition) is 1. The Morgan fingerprint density at radius 3 is 2.94 bits per heavy atom. The van der Waals surface area contributed by atoms with Crippen molar-refractivity contribution in [3.63, 3.8) is 0 Å².